The Morgan fingerprint density at radius 3 is 2.50 bits per heavy atom. The van der Waals surface area contributed by atoms with Gasteiger partial charge in [0.05, 0.1) is 0 Å². The van der Waals surface area contributed by atoms with Gasteiger partial charge in [0.2, 0.25) is 0 Å². The molecule has 1 heteroatoms. The monoisotopic (exact) mass is 110 g/mol. The molecular weight excluding hydrogens is 100 g/mol. The molecular formula is C7H10O. The highest BCUT2D eigenvalue weighted by Gasteiger charge is 1.61. The molecule has 0 amide bonds. The minimum atomic E-state index is 0.764. The summed E-state index contributed by atoms with van der Waals surface area (Å²) < 4.78 is 0. The van der Waals surface area contributed by atoms with Gasteiger partial charge in [-0.15, -0.1) is 0 Å². The van der Waals surface area contributed by atoms with Gasteiger partial charge in [-0.1, -0.05) is 25.2 Å². The normalized spacial score (nSPS) is 11.1. The summed E-state index contributed by atoms with van der Waals surface area (Å²) in [5.41, 5.74) is 0. The second-order valence-electron chi connectivity index (χ2n) is 1.36. The third-order valence-corrected chi connectivity index (χ3v) is 0.673. The van der Waals surface area contributed by atoms with Gasteiger partial charge < -0.3 is 0 Å². The Balaban J connectivity index is 3.26. The minimum absolute atomic E-state index is 0.764. The van der Waals surface area contributed by atoms with E-state index in [0.717, 1.165) is 12.7 Å². The van der Waals surface area contributed by atoms with E-state index in [1.807, 2.05) is 19.1 Å². The first kappa shape index (κ1) is 7.15. The maximum Gasteiger partial charge on any atom is 0.142 e. The van der Waals surface area contributed by atoms with Gasteiger partial charge in [0.1, 0.15) is 6.29 Å². The molecule has 8 heavy (non-hydrogen) atoms. The van der Waals surface area contributed by atoms with Gasteiger partial charge in [-0.05, 0) is 12.5 Å². The lowest BCUT2D eigenvalue weighted by Crippen LogP contribution is -1.56. The van der Waals surface area contributed by atoms with Gasteiger partial charge in [0.15, 0.2) is 0 Å². The third kappa shape index (κ3) is 5.15. The molecule has 0 unspecified atom stereocenters. The van der Waals surface area contributed by atoms with Crippen LogP contribution < -0.4 is 0 Å². The molecule has 0 spiro atoms. The van der Waals surface area contributed by atoms with E-state index in [1.54, 1.807) is 6.08 Å². The fourth-order valence-electron chi connectivity index (χ4n) is 0.324. The van der Waals surface area contributed by atoms with Gasteiger partial charge >= 0.3 is 0 Å². The Morgan fingerprint density at radius 2 is 2.00 bits per heavy atom. The summed E-state index contributed by atoms with van der Waals surface area (Å²) >= 11 is 0. The van der Waals surface area contributed by atoms with Gasteiger partial charge in [0, 0.05) is 0 Å². The van der Waals surface area contributed by atoms with Gasteiger partial charge in [-0.2, -0.15) is 0 Å². The van der Waals surface area contributed by atoms with Crippen LogP contribution in [-0.4, -0.2) is 6.29 Å². The highest BCUT2D eigenvalue weighted by atomic mass is 16.1. The Hall–Kier alpha value is -0.850. The number of allylic oxidation sites excluding steroid dienone is 4. The zero-order valence-electron chi connectivity index (χ0n) is 5.00. The van der Waals surface area contributed by atoms with Crippen molar-refractivity contribution in [2.24, 2.45) is 0 Å². The zero-order chi connectivity index (χ0) is 6.24. The molecule has 0 saturated carbocycles. The molecule has 1 nitrogen and oxygen atoms in total. The first-order valence-electron chi connectivity index (χ1n) is 2.68. The molecule has 0 atom stereocenters. The van der Waals surface area contributed by atoms with Crippen molar-refractivity contribution in [1.29, 1.82) is 0 Å². The average molecular weight is 110 g/mol. The number of aldehydes is 1. The predicted octanol–water partition coefficient (Wildman–Crippen LogP) is 1.71. The van der Waals surface area contributed by atoms with Crippen LogP contribution in [0.2, 0.25) is 0 Å². The number of carbonyl (C=O) groups excluding carboxylic acids is 1. The molecule has 0 fully saturated rings. The summed E-state index contributed by atoms with van der Waals surface area (Å²) in [7, 11) is 0. The van der Waals surface area contributed by atoms with Gasteiger partial charge in [-0.3, -0.25) is 4.79 Å². The molecule has 0 aliphatic rings. The lowest BCUT2D eigenvalue weighted by atomic mass is 10.4. The highest BCUT2D eigenvalue weighted by molar-refractivity contribution is 5.65. The van der Waals surface area contributed by atoms with Crippen LogP contribution in [0.1, 0.15) is 13.3 Å². The van der Waals surface area contributed by atoms with Crippen molar-refractivity contribution in [3.8, 4) is 0 Å². The number of rotatable bonds is 3. The molecule has 0 aliphatic carbocycles. The van der Waals surface area contributed by atoms with Gasteiger partial charge in [-0.25, -0.2) is 0 Å². The van der Waals surface area contributed by atoms with Crippen molar-refractivity contribution in [1.82, 2.24) is 0 Å². The van der Waals surface area contributed by atoms with Crippen molar-refractivity contribution in [3.63, 3.8) is 0 Å². The Labute approximate surface area is 49.7 Å². The molecule has 0 aromatic carbocycles. The fraction of sp³-hybridized carbons (Fsp3) is 0.286. The van der Waals surface area contributed by atoms with Crippen LogP contribution in [0.15, 0.2) is 24.3 Å². The lowest BCUT2D eigenvalue weighted by Gasteiger charge is -1.70. The highest BCUT2D eigenvalue weighted by Crippen LogP contribution is 1.79. The first-order valence-corrected chi connectivity index (χ1v) is 2.68. The minimum Gasteiger partial charge on any atom is -0.299 e. The van der Waals surface area contributed by atoms with E-state index in [4.69, 9.17) is 0 Å². The molecule has 0 aliphatic heterocycles. The maximum atomic E-state index is 9.65. The van der Waals surface area contributed by atoms with Crippen LogP contribution in [0.5, 0.6) is 0 Å². The molecule has 0 N–H and O–H groups in total. The molecule has 0 radical (unpaired) electrons. The van der Waals surface area contributed by atoms with Crippen molar-refractivity contribution in [2.45, 2.75) is 13.3 Å². The lowest BCUT2D eigenvalue weighted by molar-refractivity contribution is -0.104. The van der Waals surface area contributed by atoms with E-state index in [-0.39, 0.29) is 0 Å². The molecule has 0 aromatic heterocycles. The van der Waals surface area contributed by atoms with Crippen molar-refractivity contribution < 1.29 is 4.79 Å². The summed E-state index contributed by atoms with van der Waals surface area (Å²) in [6.07, 6.45) is 8.81. The third-order valence-electron chi connectivity index (χ3n) is 0.673. The molecule has 0 rings (SSSR count). The molecule has 0 aromatic rings. The predicted molar refractivity (Wildman–Crippen MR) is 34.6 cm³/mol. The number of hydrogen-bond donors (Lipinski definition) is 0. The quantitative estimate of drug-likeness (QED) is 0.307. The van der Waals surface area contributed by atoms with Gasteiger partial charge in [0.25, 0.3) is 0 Å². The van der Waals surface area contributed by atoms with E-state index in [1.165, 1.54) is 6.08 Å². The SMILES string of the molecule is CC/C=C/C=CC=O. The van der Waals surface area contributed by atoms with Crippen molar-refractivity contribution in [2.75, 3.05) is 0 Å². The van der Waals surface area contributed by atoms with Crippen LogP contribution in [0.25, 0.3) is 0 Å². The second kappa shape index (κ2) is 6.15. The Bertz CT molecular complexity index is 101. The van der Waals surface area contributed by atoms with Crippen molar-refractivity contribution >= 4 is 6.29 Å². The van der Waals surface area contributed by atoms with E-state index >= 15 is 0 Å². The van der Waals surface area contributed by atoms with Crippen molar-refractivity contribution in [3.05, 3.63) is 24.3 Å². The molecule has 0 bridgehead atoms. The van der Waals surface area contributed by atoms with E-state index in [2.05, 4.69) is 0 Å². The average Bonchev–Trinajstić information content (AvgIpc) is 1.81. The van der Waals surface area contributed by atoms with Crippen LogP contribution in [0.3, 0.4) is 0 Å². The topological polar surface area (TPSA) is 17.1 Å². The second-order valence-corrected chi connectivity index (χ2v) is 1.36. The first-order chi connectivity index (χ1) is 3.91. The summed E-state index contributed by atoms with van der Waals surface area (Å²) in [6.45, 7) is 2.05. The molecule has 44 valence electrons. The van der Waals surface area contributed by atoms with Crippen LogP contribution >= 0.6 is 0 Å². The molecule has 0 saturated heterocycles. The fourth-order valence-corrected chi connectivity index (χ4v) is 0.324. The van der Waals surface area contributed by atoms with E-state index < -0.39 is 0 Å². The largest absolute Gasteiger partial charge is 0.299 e. The smallest absolute Gasteiger partial charge is 0.142 e. The Kier molecular flexibility index (Phi) is 5.50. The maximum absolute atomic E-state index is 9.65. The van der Waals surface area contributed by atoms with E-state index in [9.17, 15) is 4.79 Å². The van der Waals surface area contributed by atoms with Crippen LogP contribution in [-0.2, 0) is 4.79 Å². The summed E-state index contributed by atoms with van der Waals surface area (Å²) in [4.78, 5) is 9.65. The van der Waals surface area contributed by atoms with E-state index in [0.29, 0.717) is 0 Å². The van der Waals surface area contributed by atoms with Crippen LogP contribution in [0.4, 0.5) is 0 Å². The van der Waals surface area contributed by atoms with Crippen LogP contribution in [0, 0.1) is 0 Å². The summed E-state index contributed by atoms with van der Waals surface area (Å²) in [6, 6.07) is 0. The Morgan fingerprint density at radius 1 is 1.25 bits per heavy atom. The summed E-state index contributed by atoms with van der Waals surface area (Å²) in [5, 5.41) is 0. The number of hydrogen-bond acceptors (Lipinski definition) is 1. The zero-order valence-corrected chi connectivity index (χ0v) is 5.00. The number of carbonyl (C=O) groups is 1. The standard InChI is InChI=1S/C7H10O/c1-2-3-4-5-6-7-8/h3-7H,2H2,1H3/b4-3+,6-5?. The molecule has 0 heterocycles. The summed E-state index contributed by atoms with van der Waals surface area (Å²) in [5.74, 6) is 0.